The molecule has 0 spiro atoms. The van der Waals surface area contributed by atoms with E-state index in [1.54, 1.807) is 57.2 Å². The molecule has 0 aliphatic carbocycles. The van der Waals surface area contributed by atoms with E-state index >= 15 is 0 Å². The molecule has 8 nitrogen and oxygen atoms in total. The molecule has 214 valence electrons. The Morgan fingerprint density at radius 2 is 1.61 bits per heavy atom. The first-order chi connectivity index (χ1) is 19.3. The summed E-state index contributed by atoms with van der Waals surface area (Å²) >= 11 is 0. The summed E-state index contributed by atoms with van der Waals surface area (Å²) in [6.45, 7) is 5.23. The lowest BCUT2D eigenvalue weighted by atomic mass is 9.99. The molecule has 1 heterocycles. The summed E-state index contributed by atoms with van der Waals surface area (Å²) in [7, 11) is 0. The van der Waals surface area contributed by atoms with Crippen LogP contribution in [0.1, 0.15) is 59.7 Å². The van der Waals surface area contributed by atoms with Gasteiger partial charge in [0.15, 0.2) is 5.69 Å². The van der Waals surface area contributed by atoms with E-state index in [2.05, 4.69) is 15.7 Å². The van der Waals surface area contributed by atoms with Crippen molar-refractivity contribution in [3.05, 3.63) is 113 Å². The third kappa shape index (κ3) is 7.73. The smallest absolute Gasteiger partial charge is 0.435 e. The number of nitrogens with zero attached hydrogens (tertiary/aromatic N) is 2. The number of alkyl carbamates (subject to hydrolysis) is 1. The zero-order chi connectivity index (χ0) is 29.8. The molecule has 4 N–H and O–H groups in total. The Morgan fingerprint density at radius 1 is 0.927 bits per heavy atom. The van der Waals surface area contributed by atoms with E-state index in [-0.39, 0.29) is 17.9 Å². The van der Waals surface area contributed by atoms with Gasteiger partial charge in [-0.05, 0) is 61.7 Å². The molecule has 11 heteroatoms. The summed E-state index contributed by atoms with van der Waals surface area (Å²) in [4.78, 5) is 25.3. The van der Waals surface area contributed by atoms with E-state index < -0.39 is 35.5 Å². The van der Waals surface area contributed by atoms with Crippen molar-refractivity contribution in [3.8, 4) is 5.69 Å². The van der Waals surface area contributed by atoms with E-state index in [1.807, 2.05) is 30.3 Å². The number of hydrogen-bond donors (Lipinski definition) is 3. The van der Waals surface area contributed by atoms with E-state index in [4.69, 9.17) is 10.5 Å². The molecule has 41 heavy (non-hydrogen) atoms. The minimum absolute atomic E-state index is 0.0478. The number of halogens is 3. The van der Waals surface area contributed by atoms with Crippen LogP contribution in [-0.4, -0.2) is 27.4 Å². The third-order valence-electron chi connectivity index (χ3n) is 5.89. The summed E-state index contributed by atoms with van der Waals surface area (Å²) in [5.41, 5.74) is 6.84. The highest BCUT2D eigenvalue weighted by molar-refractivity contribution is 6.03. The monoisotopic (exact) mass is 565 g/mol. The number of carbonyl (C=O) groups excluding carboxylic acids is 2. The maximum absolute atomic E-state index is 13.6. The summed E-state index contributed by atoms with van der Waals surface area (Å²) in [6, 6.07) is 22.7. The maximum Gasteiger partial charge on any atom is 0.435 e. The number of alkyl halides is 3. The Hall–Kier alpha value is -4.64. The van der Waals surface area contributed by atoms with Gasteiger partial charge in [0, 0.05) is 18.3 Å². The Bertz CT molecular complexity index is 1530. The zero-order valence-electron chi connectivity index (χ0n) is 22.7. The predicted molar refractivity (Wildman–Crippen MR) is 149 cm³/mol. The molecule has 4 aromatic rings. The molecule has 0 radical (unpaired) electrons. The van der Waals surface area contributed by atoms with Crippen molar-refractivity contribution >= 4 is 17.7 Å². The highest BCUT2D eigenvalue weighted by atomic mass is 19.4. The molecule has 0 aliphatic rings. The molecule has 3 aromatic carbocycles. The summed E-state index contributed by atoms with van der Waals surface area (Å²) in [5, 5.41) is 8.94. The molecular formula is C30H30F3N5O3. The first-order valence-electron chi connectivity index (χ1n) is 12.8. The fourth-order valence-electron chi connectivity index (χ4n) is 4.02. The van der Waals surface area contributed by atoms with Gasteiger partial charge in [-0.25, -0.2) is 9.48 Å². The van der Waals surface area contributed by atoms with Crippen LogP contribution in [0.25, 0.3) is 5.69 Å². The molecule has 0 saturated carbocycles. The minimum Gasteiger partial charge on any atom is -0.444 e. The predicted octanol–water partition coefficient (Wildman–Crippen LogP) is 6.22. The first kappa shape index (κ1) is 29.3. The Kier molecular flexibility index (Phi) is 8.48. The SMILES string of the molecule is CC(C)(C)OC(=O)NCc1cccc(-n2nc(C(F)(F)F)cc2C(=O)Nc2cccc(C(N)c3ccccc3)c2)c1. The second-order valence-corrected chi connectivity index (χ2v) is 10.3. The van der Waals surface area contributed by atoms with Crippen molar-refractivity contribution < 1.29 is 27.5 Å². The van der Waals surface area contributed by atoms with Crippen LogP contribution in [0.3, 0.4) is 0 Å². The lowest BCUT2D eigenvalue weighted by Gasteiger charge is -2.19. The van der Waals surface area contributed by atoms with Crippen LogP contribution in [0, 0.1) is 0 Å². The largest absolute Gasteiger partial charge is 0.444 e. The Balaban J connectivity index is 1.59. The molecule has 1 atom stereocenters. The third-order valence-corrected chi connectivity index (χ3v) is 5.89. The van der Waals surface area contributed by atoms with Gasteiger partial charge in [-0.2, -0.15) is 18.3 Å². The number of anilines is 1. The molecule has 1 aromatic heterocycles. The number of nitrogens with two attached hydrogens (primary N) is 1. The highest BCUT2D eigenvalue weighted by Crippen LogP contribution is 2.30. The number of amides is 2. The van der Waals surface area contributed by atoms with Crippen LogP contribution in [0.5, 0.6) is 0 Å². The number of aromatic nitrogens is 2. The summed E-state index contributed by atoms with van der Waals surface area (Å²) < 4.78 is 47.0. The van der Waals surface area contributed by atoms with Crippen LogP contribution >= 0.6 is 0 Å². The topological polar surface area (TPSA) is 111 Å². The van der Waals surface area contributed by atoms with Crippen LogP contribution in [0.4, 0.5) is 23.7 Å². The molecule has 2 amide bonds. The van der Waals surface area contributed by atoms with Crippen molar-refractivity contribution in [2.45, 2.75) is 45.1 Å². The normalized spacial score (nSPS) is 12.5. The quantitative estimate of drug-likeness (QED) is 0.247. The Labute approximate surface area is 235 Å². The van der Waals surface area contributed by atoms with E-state index in [1.165, 1.54) is 12.1 Å². The molecule has 0 saturated heterocycles. The number of rotatable bonds is 7. The van der Waals surface area contributed by atoms with Crippen molar-refractivity contribution in [3.63, 3.8) is 0 Å². The highest BCUT2D eigenvalue weighted by Gasteiger charge is 2.36. The summed E-state index contributed by atoms with van der Waals surface area (Å²) in [5.74, 6) is -0.796. The van der Waals surface area contributed by atoms with Crippen LogP contribution in [0.15, 0.2) is 84.9 Å². The van der Waals surface area contributed by atoms with Crippen LogP contribution in [0.2, 0.25) is 0 Å². The van der Waals surface area contributed by atoms with Gasteiger partial charge < -0.3 is 21.1 Å². The lowest BCUT2D eigenvalue weighted by Crippen LogP contribution is -2.32. The van der Waals surface area contributed by atoms with Gasteiger partial charge in [-0.15, -0.1) is 0 Å². The average molecular weight is 566 g/mol. The van der Waals surface area contributed by atoms with Crippen molar-refractivity contribution in [2.24, 2.45) is 5.73 Å². The number of hydrogen-bond acceptors (Lipinski definition) is 5. The minimum atomic E-state index is -4.78. The van der Waals surface area contributed by atoms with Crippen molar-refractivity contribution in [1.82, 2.24) is 15.1 Å². The molecule has 4 rings (SSSR count). The van der Waals surface area contributed by atoms with Crippen LogP contribution < -0.4 is 16.4 Å². The molecule has 0 fully saturated rings. The standard InChI is InChI=1S/C30H30F3N5O3/c1-29(2,3)41-28(40)35-18-19-9-7-14-23(15-19)38-24(17-25(37-38)30(31,32)33)27(39)36-22-13-8-12-21(16-22)26(34)20-10-5-4-6-11-20/h4-17,26H,18,34H2,1-3H3,(H,35,40)(H,36,39). The van der Waals surface area contributed by atoms with Gasteiger partial charge in [0.2, 0.25) is 0 Å². The number of carbonyl (C=O) groups is 2. The summed E-state index contributed by atoms with van der Waals surface area (Å²) in [6.07, 6.45) is -5.42. The lowest BCUT2D eigenvalue weighted by molar-refractivity contribution is -0.141. The fourth-order valence-corrected chi connectivity index (χ4v) is 4.02. The Morgan fingerprint density at radius 3 is 2.29 bits per heavy atom. The van der Waals surface area contributed by atoms with Gasteiger partial charge in [0.1, 0.15) is 11.3 Å². The molecule has 0 aliphatic heterocycles. The van der Waals surface area contributed by atoms with Gasteiger partial charge >= 0.3 is 12.3 Å². The number of nitrogens with one attached hydrogen (secondary N) is 2. The second kappa shape index (κ2) is 11.8. The number of ether oxygens (including phenoxy) is 1. The van der Waals surface area contributed by atoms with E-state index in [9.17, 15) is 22.8 Å². The average Bonchev–Trinajstić information content (AvgIpc) is 3.38. The first-order valence-corrected chi connectivity index (χ1v) is 12.8. The maximum atomic E-state index is 13.6. The van der Waals surface area contributed by atoms with E-state index in [0.29, 0.717) is 22.9 Å². The fraction of sp³-hybridized carbons (Fsp3) is 0.233. The second-order valence-electron chi connectivity index (χ2n) is 10.3. The van der Waals surface area contributed by atoms with Crippen molar-refractivity contribution in [2.75, 3.05) is 5.32 Å². The van der Waals surface area contributed by atoms with Gasteiger partial charge in [-0.3, -0.25) is 4.79 Å². The number of benzene rings is 3. The van der Waals surface area contributed by atoms with Gasteiger partial charge in [-0.1, -0.05) is 54.6 Å². The van der Waals surface area contributed by atoms with E-state index in [0.717, 1.165) is 10.2 Å². The van der Waals surface area contributed by atoms with Crippen LogP contribution in [-0.2, 0) is 17.5 Å². The van der Waals surface area contributed by atoms with Gasteiger partial charge in [0.25, 0.3) is 5.91 Å². The molecule has 1 unspecified atom stereocenters. The van der Waals surface area contributed by atoms with Crippen molar-refractivity contribution in [1.29, 1.82) is 0 Å². The molecule has 0 bridgehead atoms. The van der Waals surface area contributed by atoms with Gasteiger partial charge in [0.05, 0.1) is 11.7 Å². The molecular weight excluding hydrogens is 535 g/mol. The zero-order valence-corrected chi connectivity index (χ0v) is 22.7.